The number of phenols is 1. The topological polar surface area (TPSA) is 130 Å². The van der Waals surface area contributed by atoms with Crippen LogP contribution in [0.3, 0.4) is 0 Å². The quantitative estimate of drug-likeness (QED) is 0.267. The summed E-state index contributed by atoms with van der Waals surface area (Å²) in [5.41, 5.74) is 5.98. The van der Waals surface area contributed by atoms with Gasteiger partial charge in [0.25, 0.3) is 5.91 Å². The maximum absolute atomic E-state index is 14.2. The number of carbonyl (C=O) groups excluding carboxylic acids is 1. The van der Waals surface area contributed by atoms with Gasteiger partial charge in [-0.25, -0.2) is 19.3 Å². The van der Waals surface area contributed by atoms with Gasteiger partial charge in [-0.05, 0) is 60.3 Å². The highest BCUT2D eigenvalue weighted by molar-refractivity contribution is 5.94. The number of anilines is 1. The van der Waals surface area contributed by atoms with Gasteiger partial charge in [-0.3, -0.25) is 9.89 Å². The third-order valence-electron chi connectivity index (χ3n) is 8.86. The van der Waals surface area contributed by atoms with E-state index in [1.54, 1.807) is 17.3 Å². The highest BCUT2D eigenvalue weighted by atomic mass is 19.1. The fraction of sp³-hybridized carbons (Fsp3) is 0.364. The number of amides is 1. The Labute approximate surface area is 260 Å². The molecule has 0 unspecified atom stereocenters. The van der Waals surface area contributed by atoms with E-state index < -0.39 is 5.82 Å². The Morgan fingerprint density at radius 3 is 2.78 bits per heavy atom. The molecule has 1 fully saturated rings. The molecular formula is C33H36FN9O2. The normalized spacial score (nSPS) is 17.5. The van der Waals surface area contributed by atoms with E-state index >= 15 is 0 Å². The summed E-state index contributed by atoms with van der Waals surface area (Å²) >= 11 is 0. The predicted molar refractivity (Wildman–Crippen MR) is 169 cm³/mol. The number of halogens is 1. The molecular weight excluding hydrogens is 573 g/mol. The van der Waals surface area contributed by atoms with Crippen LogP contribution in [0.5, 0.6) is 5.75 Å². The minimum absolute atomic E-state index is 0.158. The summed E-state index contributed by atoms with van der Waals surface area (Å²) in [5, 5.41) is 18.3. The average molecular weight is 610 g/mol. The summed E-state index contributed by atoms with van der Waals surface area (Å²) in [6.45, 7) is 8.93. The Balaban J connectivity index is 1.08. The van der Waals surface area contributed by atoms with Crippen molar-refractivity contribution in [2.75, 3.05) is 44.7 Å². The molecule has 3 N–H and O–H groups in total. The van der Waals surface area contributed by atoms with Gasteiger partial charge in [-0.15, -0.1) is 0 Å². The van der Waals surface area contributed by atoms with Crippen LogP contribution in [0.4, 0.5) is 10.2 Å². The first-order chi connectivity index (χ1) is 21.8. The van der Waals surface area contributed by atoms with E-state index in [1.807, 2.05) is 25.1 Å². The van der Waals surface area contributed by atoms with E-state index in [-0.39, 0.29) is 11.7 Å². The number of carbonyl (C=O) groups is 1. The Morgan fingerprint density at radius 2 is 1.98 bits per heavy atom. The van der Waals surface area contributed by atoms with E-state index in [1.165, 1.54) is 12.1 Å². The number of imidazole rings is 1. The van der Waals surface area contributed by atoms with Crippen LogP contribution in [0.15, 0.2) is 42.7 Å². The monoisotopic (exact) mass is 609 g/mol. The van der Waals surface area contributed by atoms with Crippen molar-refractivity contribution >= 4 is 22.6 Å². The predicted octanol–water partition coefficient (Wildman–Crippen LogP) is 4.40. The fourth-order valence-corrected chi connectivity index (χ4v) is 6.52. The van der Waals surface area contributed by atoms with Crippen molar-refractivity contribution in [2.45, 2.75) is 33.2 Å². The van der Waals surface area contributed by atoms with Crippen LogP contribution in [0.2, 0.25) is 0 Å². The second kappa shape index (κ2) is 11.6. The Kier molecular flexibility index (Phi) is 7.44. The molecule has 0 radical (unpaired) electrons. The molecule has 45 heavy (non-hydrogen) atoms. The highest BCUT2D eigenvalue weighted by Crippen LogP contribution is 2.34. The molecule has 5 aromatic rings. The van der Waals surface area contributed by atoms with Crippen LogP contribution in [0.25, 0.3) is 33.5 Å². The van der Waals surface area contributed by atoms with Crippen LogP contribution in [-0.2, 0) is 19.4 Å². The van der Waals surface area contributed by atoms with Gasteiger partial charge >= 0.3 is 0 Å². The third-order valence-corrected chi connectivity index (χ3v) is 8.86. The molecule has 2 aromatic carbocycles. The van der Waals surface area contributed by atoms with Crippen LogP contribution in [0, 0.1) is 11.7 Å². The minimum Gasteiger partial charge on any atom is -0.505 e. The van der Waals surface area contributed by atoms with Crippen molar-refractivity contribution in [1.82, 2.24) is 39.9 Å². The van der Waals surface area contributed by atoms with E-state index in [0.717, 1.165) is 71.0 Å². The number of aromatic hydroxyl groups is 1. The van der Waals surface area contributed by atoms with Crippen LogP contribution < -0.4 is 4.90 Å². The molecule has 12 heteroatoms. The molecule has 1 atom stereocenters. The SMILES string of the molecule is CCc1cc(O)c(F)cc1-c1ccc2c(-c3nc4c([nH]3)CN(C(=O)c3cnc(N5CCN(C)C[C@H](C)C5)cn3)CC4)n[nH]c2c1. The Hall–Kier alpha value is -4.84. The number of benzene rings is 2. The van der Waals surface area contributed by atoms with Gasteiger partial charge in [0, 0.05) is 44.5 Å². The second-order valence-corrected chi connectivity index (χ2v) is 12.2. The molecule has 2 aliphatic rings. The Bertz CT molecular complexity index is 1880. The summed E-state index contributed by atoms with van der Waals surface area (Å²) < 4.78 is 14.2. The first kappa shape index (κ1) is 28.9. The van der Waals surface area contributed by atoms with Crippen LogP contribution in [0.1, 0.15) is 41.3 Å². The van der Waals surface area contributed by atoms with Crippen molar-refractivity contribution < 1.29 is 14.3 Å². The minimum atomic E-state index is -0.652. The number of aromatic amines is 2. The summed E-state index contributed by atoms with van der Waals surface area (Å²) in [4.78, 5) is 37.1. The zero-order valence-corrected chi connectivity index (χ0v) is 25.6. The van der Waals surface area contributed by atoms with Crippen molar-refractivity contribution in [3.05, 3.63) is 71.2 Å². The number of aryl methyl sites for hydroxylation is 1. The zero-order valence-electron chi connectivity index (χ0n) is 25.6. The molecule has 7 rings (SSSR count). The largest absolute Gasteiger partial charge is 0.505 e. The molecule has 0 aliphatic carbocycles. The molecule has 3 aromatic heterocycles. The van der Waals surface area contributed by atoms with Crippen molar-refractivity contribution in [3.8, 4) is 28.4 Å². The molecule has 1 amide bonds. The number of rotatable bonds is 5. The molecule has 0 saturated carbocycles. The van der Waals surface area contributed by atoms with E-state index in [0.29, 0.717) is 49.1 Å². The standard InChI is InChI=1S/C33H36FN9O2/c1-4-20-12-29(44)24(34)13-23(20)21-5-6-22-26(11-21)39-40-31(22)32-37-25-7-8-43(18-28(25)38-32)33(45)27-14-36-30(15-35-27)42-10-9-41(3)16-19(2)17-42/h5-6,11-15,19,44H,4,7-10,16-18H2,1-3H3,(H,37,38)(H,39,40)/t19-/m0/s1. The number of hydrogen-bond acceptors (Lipinski definition) is 8. The summed E-state index contributed by atoms with van der Waals surface area (Å²) in [7, 11) is 2.14. The summed E-state index contributed by atoms with van der Waals surface area (Å²) in [6.07, 6.45) is 4.57. The summed E-state index contributed by atoms with van der Waals surface area (Å²) in [6, 6.07) is 8.64. The van der Waals surface area contributed by atoms with Crippen molar-refractivity contribution in [3.63, 3.8) is 0 Å². The van der Waals surface area contributed by atoms with E-state index in [9.17, 15) is 14.3 Å². The molecule has 1 saturated heterocycles. The Morgan fingerprint density at radius 1 is 1.11 bits per heavy atom. The van der Waals surface area contributed by atoms with Gasteiger partial charge in [-0.2, -0.15) is 5.10 Å². The highest BCUT2D eigenvalue weighted by Gasteiger charge is 2.27. The molecule has 0 spiro atoms. The number of fused-ring (bicyclic) bond motifs is 2. The maximum atomic E-state index is 14.2. The number of hydrogen-bond donors (Lipinski definition) is 3. The lowest BCUT2D eigenvalue weighted by Gasteiger charge is -2.26. The van der Waals surface area contributed by atoms with Gasteiger partial charge < -0.3 is 24.8 Å². The molecule has 0 bridgehead atoms. The molecule has 2 aliphatic heterocycles. The lowest BCUT2D eigenvalue weighted by Crippen LogP contribution is -2.36. The number of likely N-dealkylation sites (N-methyl/N-ethyl adjacent to an activating group) is 1. The van der Waals surface area contributed by atoms with Gasteiger partial charge in [0.1, 0.15) is 17.2 Å². The van der Waals surface area contributed by atoms with Gasteiger partial charge in [0.05, 0.1) is 35.8 Å². The van der Waals surface area contributed by atoms with Gasteiger partial charge in [-0.1, -0.05) is 19.9 Å². The lowest BCUT2D eigenvalue weighted by molar-refractivity contribution is 0.0725. The molecule has 11 nitrogen and oxygen atoms in total. The summed E-state index contributed by atoms with van der Waals surface area (Å²) in [5.74, 6) is 0.784. The average Bonchev–Trinajstić information content (AvgIpc) is 3.62. The van der Waals surface area contributed by atoms with Gasteiger partial charge in [0.15, 0.2) is 17.4 Å². The third kappa shape index (κ3) is 5.50. The molecule has 232 valence electrons. The first-order valence-electron chi connectivity index (χ1n) is 15.4. The van der Waals surface area contributed by atoms with Gasteiger partial charge in [0.2, 0.25) is 0 Å². The number of nitrogens with one attached hydrogen (secondary N) is 2. The zero-order chi connectivity index (χ0) is 31.2. The first-order valence-corrected chi connectivity index (χ1v) is 15.4. The maximum Gasteiger partial charge on any atom is 0.274 e. The van der Waals surface area contributed by atoms with E-state index in [2.05, 4.69) is 48.9 Å². The number of H-pyrrole nitrogens is 2. The number of nitrogens with zero attached hydrogens (tertiary/aromatic N) is 7. The number of phenolic OH excluding ortho intramolecular Hbond substituents is 1. The van der Waals surface area contributed by atoms with Crippen LogP contribution >= 0.6 is 0 Å². The van der Waals surface area contributed by atoms with Crippen LogP contribution in [-0.4, -0.2) is 90.7 Å². The van der Waals surface area contributed by atoms with Crippen molar-refractivity contribution in [2.24, 2.45) is 5.92 Å². The number of aromatic nitrogens is 6. The molecule has 5 heterocycles. The lowest BCUT2D eigenvalue weighted by atomic mass is 9.96. The van der Waals surface area contributed by atoms with E-state index in [4.69, 9.17) is 4.98 Å². The second-order valence-electron chi connectivity index (χ2n) is 12.2. The van der Waals surface area contributed by atoms with Crippen molar-refractivity contribution in [1.29, 1.82) is 0 Å². The fourth-order valence-electron chi connectivity index (χ4n) is 6.52. The smallest absolute Gasteiger partial charge is 0.274 e.